The number of halogens is 2. The molecule has 1 heterocycles. The molecule has 2 rings (SSSR count). The zero-order valence-electron chi connectivity index (χ0n) is 8.24. The molecule has 0 aliphatic carbocycles. The third-order valence-electron chi connectivity index (χ3n) is 2.52. The smallest absolute Gasteiger partial charge is 0.191 e. The van der Waals surface area contributed by atoms with Gasteiger partial charge in [0.2, 0.25) is 0 Å². The normalized spacial score (nSPS) is 20.6. The molecular weight excluding hydrogens is 233 g/mol. The first-order valence-electron chi connectivity index (χ1n) is 4.56. The Balaban J connectivity index is 2.31. The fourth-order valence-corrected chi connectivity index (χ4v) is 2.21. The van der Waals surface area contributed by atoms with Crippen LogP contribution in [-0.4, -0.2) is 24.5 Å². The lowest BCUT2D eigenvalue weighted by Crippen LogP contribution is -2.32. The van der Waals surface area contributed by atoms with Crippen LogP contribution in [0.1, 0.15) is 11.6 Å². The average molecular weight is 244 g/mol. The molecule has 1 aromatic carbocycles. The van der Waals surface area contributed by atoms with Crippen molar-refractivity contribution in [1.82, 2.24) is 4.90 Å². The first kappa shape index (κ1) is 10.6. The number of nitrogens with two attached hydrogens (primary N) is 1. The van der Waals surface area contributed by atoms with Crippen LogP contribution in [0, 0.1) is 0 Å². The summed E-state index contributed by atoms with van der Waals surface area (Å²) in [6, 6.07) is 5.64. The highest BCUT2D eigenvalue weighted by Crippen LogP contribution is 2.28. The van der Waals surface area contributed by atoms with Crippen LogP contribution in [0.4, 0.5) is 0 Å². The number of rotatable bonds is 1. The van der Waals surface area contributed by atoms with Gasteiger partial charge < -0.3 is 10.6 Å². The van der Waals surface area contributed by atoms with Gasteiger partial charge in [-0.15, -0.1) is 0 Å². The molecule has 15 heavy (non-hydrogen) atoms. The SMILES string of the molecule is CN1C(N)=NCC1c1cc(Cl)cc(Cl)c1. The summed E-state index contributed by atoms with van der Waals surface area (Å²) in [5, 5.41) is 1.27. The minimum atomic E-state index is 0.140. The van der Waals surface area contributed by atoms with Gasteiger partial charge in [0.05, 0.1) is 12.6 Å². The van der Waals surface area contributed by atoms with Crippen LogP contribution in [0.5, 0.6) is 0 Å². The van der Waals surface area contributed by atoms with E-state index in [9.17, 15) is 0 Å². The van der Waals surface area contributed by atoms with Gasteiger partial charge in [0.15, 0.2) is 5.96 Å². The third-order valence-corrected chi connectivity index (χ3v) is 2.96. The van der Waals surface area contributed by atoms with E-state index >= 15 is 0 Å². The molecule has 2 N–H and O–H groups in total. The number of nitrogens with zero attached hydrogens (tertiary/aromatic N) is 2. The van der Waals surface area contributed by atoms with Crippen LogP contribution in [0.2, 0.25) is 10.0 Å². The molecule has 3 nitrogen and oxygen atoms in total. The van der Waals surface area contributed by atoms with Crippen LogP contribution in [0.15, 0.2) is 23.2 Å². The van der Waals surface area contributed by atoms with Gasteiger partial charge in [0.25, 0.3) is 0 Å². The summed E-state index contributed by atoms with van der Waals surface area (Å²) < 4.78 is 0. The summed E-state index contributed by atoms with van der Waals surface area (Å²) in [4.78, 5) is 6.09. The Hall–Kier alpha value is -0.930. The molecule has 0 amide bonds. The summed E-state index contributed by atoms with van der Waals surface area (Å²) in [6.45, 7) is 0.652. The molecule has 0 fully saturated rings. The van der Waals surface area contributed by atoms with Crippen molar-refractivity contribution < 1.29 is 0 Å². The molecule has 0 saturated carbocycles. The van der Waals surface area contributed by atoms with Crippen molar-refractivity contribution in [3.8, 4) is 0 Å². The standard InChI is InChI=1S/C10H11Cl2N3/c1-15-9(5-14-10(15)13)6-2-7(11)4-8(12)3-6/h2-4,9H,5H2,1H3,(H2,13,14). The van der Waals surface area contributed by atoms with Gasteiger partial charge in [-0.2, -0.15) is 0 Å². The molecule has 0 radical (unpaired) electrons. The van der Waals surface area contributed by atoms with Gasteiger partial charge in [0.1, 0.15) is 0 Å². The van der Waals surface area contributed by atoms with Crippen molar-refractivity contribution in [2.45, 2.75) is 6.04 Å². The topological polar surface area (TPSA) is 41.6 Å². The van der Waals surface area contributed by atoms with Gasteiger partial charge in [-0.1, -0.05) is 23.2 Å². The van der Waals surface area contributed by atoms with E-state index in [1.54, 1.807) is 6.07 Å². The molecule has 0 aromatic heterocycles. The predicted molar refractivity (Wildman–Crippen MR) is 63.5 cm³/mol. The van der Waals surface area contributed by atoms with Crippen molar-refractivity contribution >= 4 is 29.2 Å². The van der Waals surface area contributed by atoms with E-state index in [1.165, 1.54) is 0 Å². The molecule has 1 aromatic rings. The first-order chi connectivity index (χ1) is 7.08. The van der Waals surface area contributed by atoms with Crippen molar-refractivity contribution in [3.63, 3.8) is 0 Å². The molecule has 80 valence electrons. The van der Waals surface area contributed by atoms with Crippen molar-refractivity contribution in [3.05, 3.63) is 33.8 Å². The molecule has 1 aliphatic rings. The molecule has 0 bridgehead atoms. The maximum atomic E-state index is 5.94. The number of likely N-dealkylation sites (N-methyl/N-ethyl adjacent to an activating group) is 1. The number of benzene rings is 1. The summed E-state index contributed by atoms with van der Waals surface area (Å²) in [7, 11) is 1.91. The first-order valence-corrected chi connectivity index (χ1v) is 5.32. The van der Waals surface area contributed by atoms with Gasteiger partial charge in [-0.25, -0.2) is 0 Å². The minimum absolute atomic E-state index is 0.140. The van der Waals surface area contributed by atoms with E-state index in [2.05, 4.69) is 4.99 Å². The van der Waals surface area contributed by atoms with E-state index in [-0.39, 0.29) is 6.04 Å². The summed E-state index contributed by atoms with van der Waals surface area (Å²) in [5.74, 6) is 0.552. The quantitative estimate of drug-likeness (QED) is 0.823. The number of guanidine groups is 1. The highest BCUT2D eigenvalue weighted by molar-refractivity contribution is 6.34. The molecule has 1 unspecified atom stereocenters. The average Bonchev–Trinajstić information content (AvgIpc) is 2.46. The van der Waals surface area contributed by atoms with Crippen molar-refractivity contribution in [1.29, 1.82) is 0 Å². The second kappa shape index (κ2) is 3.91. The minimum Gasteiger partial charge on any atom is -0.370 e. The largest absolute Gasteiger partial charge is 0.370 e. The van der Waals surface area contributed by atoms with Crippen molar-refractivity contribution in [2.75, 3.05) is 13.6 Å². The molecule has 1 atom stereocenters. The van der Waals surface area contributed by atoms with Gasteiger partial charge in [-0.3, -0.25) is 4.99 Å². The number of hydrogen-bond acceptors (Lipinski definition) is 3. The molecular formula is C10H11Cl2N3. The zero-order valence-corrected chi connectivity index (χ0v) is 9.76. The van der Waals surface area contributed by atoms with E-state index in [4.69, 9.17) is 28.9 Å². The van der Waals surface area contributed by atoms with Gasteiger partial charge in [-0.05, 0) is 23.8 Å². The fourth-order valence-electron chi connectivity index (χ4n) is 1.67. The summed E-state index contributed by atoms with van der Waals surface area (Å²) in [6.07, 6.45) is 0. The lowest BCUT2D eigenvalue weighted by molar-refractivity contribution is 0.414. The second-order valence-electron chi connectivity index (χ2n) is 3.53. The Morgan fingerprint density at radius 3 is 2.40 bits per heavy atom. The molecule has 0 spiro atoms. The lowest BCUT2D eigenvalue weighted by Gasteiger charge is -2.21. The second-order valence-corrected chi connectivity index (χ2v) is 4.40. The van der Waals surface area contributed by atoms with Crippen LogP contribution in [-0.2, 0) is 0 Å². The van der Waals surface area contributed by atoms with Gasteiger partial charge >= 0.3 is 0 Å². The number of aliphatic imine (C=N–C) groups is 1. The molecule has 1 aliphatic heterocycles. The fraction of sp³-hybridized carbons (Fsp3) is 0.300. The van der Waals surface area contributed by atoms with E-state index in [0.717, 1.165) is 5.56 Å². The Morgan fingerprint density at radius 1 is 1.33 bits per heavy atom. The summed E-state index contributed by atoms with van der Waals surface area (Å²) >= 11 is 11.9. The third kappa shape index (κ3) is 2.03. The van der Waals surface area contributed by atoms with Crippen molar-refractivity contribution in [2.24, 2.45) is 10.7 Å². The van der Waals surface area contributed by atoms with Crippen LogP contribution in [0.25, 0.3) is 0 Å². The van der Waals surface area contributed by atoms with Crippen LogP contribution in [0.3, 0.4) is 0 Å². The highest BCUT2D eigenvalue weighted by atomic mass is 35.5. The maximum absolute atomic E-state index is 5.94. The monoisotopic (exact) mass is 243 g/mol. The van der Waals surface area contributed by atoms with Crippen LogP contribution < -0.4 is 5.73 Å². The Labute approximate surface area is 98.5 Å². The zero-order chi connectivity index (χ0) is 11.0. The molecule has 5 heteroatoms. The predicted octanol–water partition coefficient (Wildman–Crippen LogP) is 2.29. The highest BCUT2D eigenvalue weighted by Gasteiger charge is 2.24. The van der Waals surface area contributed by atoms with E-state index < -0.39 is 0 Å². The lowest BCUT2D eigenvalue weighted by atomic mass is 10.1. The van der Waals surface area contributed by atoms with E-state index in [0.29, 0.717) is 22.5 Å². The van der Waals surface area contributed by atoms with Crippen LogP contribution >= 0.6 is 23.2 Å². The Kier molecular flexibility index (Phi) is 2.76. The Morgan fingerprint density at radius 2 is 1.93 bits per heavy atom. The summed E-state index contributed by atoms with van der Waals surface area (Å²) in [5.41, 5.74) is 6.73. The van der Waals surface area contributed by atoms with E-state index in [1.807, 2.05) is 24.1 Å². The maximum Gasteiger partial charge on any atom is 0.191 e. The van der Waals surface area contributed by atoms with Gasteiger partial charge in [0, 0.05) is 17.1 Å². The number of hydrogen-bond donors (Lipinski definition) is 1. The Bertz CT molecular complexity index is 397. The molecule has 0 saturated heterocycles.